The van der Waals surface area contributed by atoms with E-state index in [0.29, 0.717) is 0 Å². The maximum Gasteiger partial charge on any atom is 0.345 e. The molecule has 128 valence electrons. The third-order valence-electron chi connectivity index (χ3n) is 3.18. The average Bonchev–Trinajstić information content (AvgIpc) is 2.56. The van der Waals surface area contributed by atoms with Gasteiger partial charge in [-0.1, -0.05) is 18.7 Å². The third kappa shape index (κ3) is 4.23. The number of carboxylic acid groups (broad SMARTS) is 1. The second-order valence-corrected chi connectivity index (χ2v) is 5.16. The summed E-state index contributed by atoms with van der Waals surface area (Å²) >= 11 is 0. The van der Waals surface area contributed by atoms with E-state index in [4.69, 9.17) is 9.84 Å². The standard InChI is InChI=1S/C18H15NO6/c1-10(2)16(21)19-14-8-7-11(20)9-13(14)18(24)25-15-6-4-3-5-12(15)17(22)23/h3-9,20H,1H2,2H3,(H,19,21)(H,22,23). The van der Waals surface area contributed by atoms with E-state index in [1.165, 1.54) is 43.3 Å². The van der Waals surface area contributed by atoms with Crippen LogP contribution in [-0.4, -0.2) is 28.1 Å². The van der Waals surface area contributed by atoms with Gasteiger partial charge in [-0.15, -0.1) is 0 Å². The lowest BCUT2D eigenvalue weighted by molar-refractivity contribution is -0.112. The molecule has 0 heterocycles. The Morgan fingerprint density at radius 1 is 1.08 bits per heavy atom. The van der Waals surface area contributed by atoms with Gasteiger partial charge in [-0.3, -0.25) is 4.79 Å². The van der Waals surface area contributed by atoms with E-state index >= 15 is 0 Å². The van der Waals surface area contributed by atoms with Gasteiger partial charge < -0.3 is 20.3 Å². The Morgan fingerprint density at radius 3 is 2.40 bits per heavy atom. The van der Waals surface area contributed by atoms with Crippen LogP contribution in [-0.2, 0) is 4.79 Å². The van der Waals surface area contributed by atoms with Crippen LogP contribution in [0.3, 0.4) is 0 Å². The second kappa shape index (κ2) is 7.31. The molecule has 0 atom stereocenters. The second-order valence-electron chi connectivity index (χ2n) is 5.16. The van der Waals surface area contributed by atoms with Gasteiger partial charge in [0.2, 0.25) is 0 Å². The zero-order valence-electron chi connectivity index (χ0n) is 13.3. The molecule has 0 aliphatic carbocycles. The van der Waals surface area contributed by atoms with Crippen LogP contribution in [0.4, 0.5) is 5.69 Å². The monoisotopic (exact) mass is 341 g/mol. The number of benzene rings is 2. The van der Waals surface area contributed by atoms with Crippen LogP contribution < -0.4 is 10.1 Å². The first-order chi connectivity index (χ1) is 11.8. The number of anilines is 1. The van der Waals surface area contributed by atoms with E-state index in [1.54, 1.807) is 0 Å². The normalized spacial score (nSPS) is 9.96. The first kappa shape index (κ1) is 17.7. The predicted octanol–water partition coefficient (Wildman–Crippen LogP) is 2.82. The van der Waals surface area contributed by atoms with Gasteiger partial charge in [0.1, 0.15) is 17.1 Å². The highest BCUT2D eigenvalue weighted by Crippen LogP contribution is 2.25. The number of phenolic OH excluding ortho intramolecular Hbond substituents is 1. The summed E-state index contributed by atoms with van der Waals surface area (Å²) in [5.41, 5.74) is 0.00513. The number of phenols is 1. The van der Waals surface area contributed by atoms with Crippen LogP contribution in [0.2, 0.25) is 0 Å². The van der Waals surface area contributed by atoms with Crippen LogP contribution in [0.1, 0.15) is 27.6 Å². The molecular formula is C18H15NO6. The lowest BCUT2D eigenvalue weighted by Gasteiger charge is -2.12. The summed E-state index contributed by atoms with van der Waals surface area (Å²) in [6, 6.07) is 9.36. The minimum absolute atomic E-state index is 0.101. The van der Waals surface area contributed by atoms with Gasteiger partial charge in [-0.25, -0.2) is 9.59 Å². The molecule has 0 aliphatic rings. The number of aromatic carboxylic acids is 1. The number of hydrogen-bond donors (Lipinski definition) is 3. The Labute approximate surface area is 143 Å². The van der Waals surface area contributed by atoms with E-state index in [0.717, 1.165) is 6.07 Å². The third-order valence-corrected chi connectivity index (χ3v) is 3.18. The number of para-hydroxylation sites is 1. The summed E-state index contributed by atoms with van der Waals surface area (Å²) < 4.78 is 5.13. The van der Waals surface area contributed by atoms with Crippen LogP contribution in [0.5, 0.6) is 11.5 Å². The first-order valence-corrected chi connectivity index (χ1v) is 7.14. The zero-order chi connectivity index (χ0) is 18.6. The number of carbonyl (C=O) groups is 3. The molecule has 2 aromatic rings. The van der Waals surface area contributed by atoms with Crippen LogP contribution in [0.15, 0.2) is 54.6 Å². The average molecular weight is 341 g/mol. The highest BCUT2D eigenvalue weighted by Gasteiger charge is 2.19. The number of nitrogens with one attached hydrogen (secondary N) is 1. The molecule has 1 amide bonds. The minimum Gasteiger partial charge on any atom is -0.508 e. The largest absolute Gasteiger partial charge is 0.508 e. The number of rotatable bonds is 5. The number of carboxylic acids is 1. The summed E-state index contributed by atoms with van der Waals surface area (Å²) in [4.78, 5) is 35.4. The molecule has 0 aliphatic heterocycles. The molecule has 0 unspecified atom stereocenters. The van der Waals surface area contributed by atoms with Gasteiger partial charge in [-0.2, -0.15) is 0 Å². The van der Waals surface area contributed by atoms with Crippen molar-refractivity contribution in [3.63, 3.8) is 0 Å². The zero-order valence-corrected chi connectivity index (χ0v) is 13.3. The number of ether oxygens (including phenoxy) is 1. The molecule has 0 saturated heterocycles. The van der Waals surface area contributed by atoms with Crippen LogP contribution in [0, 0.1) is 0 Å². The van der Waals surface area contributed by atoms with Gasteiger partial charge in [0.15, 0.2) is 0 Å². The lowest BCUT2D eigenvalue weighted by Crippen LogP contribution is -2.17. The maximum atomic E-state index is 12.4. The molecule has 2 rings (SSSR count). The molecular weight excluding hydrogens is 326 g/mol. The van der Waals surface area contributed by atoms with Gasteiger partial charge in [0.05, 0.1) is 11.3 Å². The van der Waals surface area contributed by atoms with Crippen LogP contribution >= 0.6 is 0 Å². The Hall–Kier alpha value is -3.61. The number of hydrogen-bond acceptors (Lipinski definition) is 5. The molecule has 0 aromatic heterocycles. The quantitative estimate of drug-likeness (QED) is 0.334. The smallest absolute Gasteiger partial charge is 0.345 e. The predicted molar refractivity (Wildman–Crippen MR) is 89.9 cm³/mol. The summed E-state index contributed by atoms with van der Waals surface area (Å²) in [5.74, 6) is -3.06. The van der Waals surface area contributed by atoms with E-state index in [2.05, 4.69) is 11.9 Å². The fourth-order valence-electron chi connectivity index (χ4n) is 1.93. The number of esters is 1. The maximum absolute atomic E-state index is 12.4. The number of aromatic hydroxyl groups is 1. The van der Waals surface area contributed by atoms with E-state index in [9.17, 15) is 19.5 Å². The number of carbonyl (C=O) groups excluding carboxylic acids is 2. The first-order valence-electron chi connectivity index (χ1n) is 7.14. The Morgan fingerprint density at radius 2 is 1.76 bits per heavy atom. The molecule has 7 nitrogen and oxygen atoms in total. The lowest BCUT2D eigenvalue weighted by atomic mass is 10.1. The van der Waals surface area contributed by atoms with Crippen molar-refractivity contribution in [1.82, 2.24) is 0 Å². The molecule has 7 heteroatoms. The van der Waals surface area contributed by atoms with Gasteiger partial charge >= 0.3 is 11.9 Å². The Kier molecular flexibility index (Phi) is 5.18. The van der Waals surface area contributed by atoms with E-state index in [1.807, 2.05) is 0 Å². The van der Waals surface area contributed by atoms with Gasteiger partial charge in [0, 0.05) is 5.57 Å². The fraction of sp³-hybridized carbons (Fsp3) is 0.0556. The molecule has 25 heavy (non-hydrogen) atoms. The van der Waals surface area contributed by atoms with E-state index in [-0.39, 0.29) is 33.9 Å². The topological polar surface area (TPSA) is 113 Å². The molecule has 0 saturated carbocycles. The minimum atomic E-state index is -1.25. The highest BCUT2D eigenvalue weighted by atomic mass is 16.5. The molecule has 0 radical (unpaired) electrons. The molecule has 3 N–H and O–H groups in total. The summed E-state index contributed by atoms with van der Waals surface area (Å²) in [6.07, 6.45) is 0. The highest BCUT2D eigenvalue weighted by molar-refractivity contribution is 6.07. The summed E-state index contributed by atoms with van der Waals surface area (Å²) in [5, 5.41) is 21.2. The Bertz CT molecular complexity index is 872. The molecule has 0 bridgehead atoms. The van der Waals surface area contributed by atoms with Crippen molar-refractivity contribution in [2.24, 2.45) is 0 Å². The van der Waals surface area contributed by atoms with E-state index < -0.39 is 17.8 Å². The van der Waals surface area contributed by atoms with Crippen molar-refractivity contribution in [3.05, 3.63) is 65.7 Å². The SMILES string of the molecule is C=C(C)C(=O)Nc1ccc(O)cc1C(=O)Oc1ccccc1C(=O)O. The van der Waals surface area contributed by atoms with Gasteiger partial charge in [0.25, 0.3) is 5.91 Å². The van der Waals surface area contributed by atoms with Crippen molar-refractivity contribution >= 4 is 23.5 Å². The molecule has 2 aromatic carbocycles. The van der Waals surface area contributed by atoms with Crippen LogP contribution in [0.25, 0.3) is 0 Å². The number of amides is 1. The van der Waals surface area contributed by atoms with Crippen molar-refractivity contribution in [2.45, 2.75) is 6.92 Å². The summed E-state index contributed by atoms with van der Waals surface area (Å²) in [6.45, 7) is 5.00. The van der Waals surface area contributed by atoms with Crippen molar-refractivity contribution in [2.75, 3.05) is 5.32 Å². The van der Waals surface area contributed by atoms with Gasteiger partial charge in [-0.05, 0) is 37.3 Å². The molecule has 0 fully saturated rings. The Balaban J connectivity index is 2.36. The van der Waals surface area contributed by atoms with Crippen molar-refractivity contribution in [3.8, 4) is 11.5 Å². The van der Waals surface area contributed by atoms with Crippen molar-refractivity contribution < 1.29 is 29.3 Å². The van der Waals surface area contributed by atoms with Crippen molar-refractivity contribution in [1.29, 1.82) is 0 Å². The molecule has 0 spiro atoms. The fourth-order valence-corrected chi connectivity index (χ4v) is 1.93. The summed E-state index contributed by atoms with van der Waals surface area (Å²) in [7, 11) is 0.